The monoisotopic (exact) mass is 287 g/mol. The van der Waals surface area contributed by atoms with E-state index in [2.05, 4.69) is 12.1 Å². The van der Waals surface area contributed by atoms with E-state index in [1.807, 2.05) is 6.07 Å². The predicted molar refractivity (Wildman–Crippen MR) is 82.5 cm³/mol. The summed E-state index contributed by atoms with van der Waals surface area (Å²) in [5.74, 6) is 6.29. The molecule has 1 aromatic carbocycles. The third-order valence-corrected chi connectivity index (χ3v) is 6.21. The van der Waals surface area contributed by atoms with Crippen molar-refractivity contribution in [3.8, 4) is 11.5 Å². The molecule has 0 saturated heterocycles. The van der Waals surface area contributed by atoms with Gasteiger partial charge in [0.2, 0.25) is 0 Å². The molecule has 4 rings (SSSR count). The molecule has 5 unspecified atom stereocenters. The van der Waals surface area contributed by atoms with E-state index < -0.39 is 0 Å². The second kappa shape index (κ2) is 4.91. The van der Waals surface area contributed by atoms with Crippen LogP contribution in [0.1, 0.15) is 24.8 Å². The molecular weight excluding hydrogens is 262 g/mol. The van der Waals surface area contributed by atoms with E-state index in [1.54, 1.807) is 14.2 Å². The first-order chi connectivity index (χ1) is 10.2. The predicted octanol–water partition coefficient (Wildman–Crippen LogP) is 2.87. The third-order valence-electron chi connectivity index (χ3n) is 6.21. The highest BCUT2D eigenvalue weighted by Crippen LogP contribution is 2.70. The van der Waals surface area contributed by atoms with Crippen LogP contribution in [-0.4, -0.2) is 20.3 Å². The zero-order valence-electron chi connectivity index (χ0n) is 12.9. The number of nitrogens with two attached hydrogens (primary N) is 1. The molecular formula is C18H25NO2. The average Bonchev–Trinajstić information content (AvgIpc) is 2.96. The lowest BCUT2D eigenvalue weighted by Crippen LogP contribution is -2.28. The second-order valence-electron chi connectivity index (χ2n) is 7.12. The zero-order valence-corrected chi connectivity index (χ0v) is 12.9. The molecule has 2 bridgehead atoms. The van der Waals surface area contributed by atoms with Gasteiger partial charge in [-0.3, -0.25) is 0 Å². The molecule has 3 heteroatoms. The van der Waals surface area contributed by atoms with Crippen LogP contribution in [-0.2, 0) is 6.42 Å². The number of ether oxygens (including phenoxy) is 2. The molecule has 3 aliphatic rings. The van der Waals surface area contributed by atoms with Crippen molar-refractivity contribution in [3.63, 3.8) is 0 Å². The Bertz CT molecular complexity index is 528. The lowest BCUT2D eigenvalue weighted by atomic mass is 9.94. The maximum absolute atomic E-state index is 6.54. The van der Waals surface area contributed by atoms with Gasteiger partial charge in [-0.1, -0.05) is 6.07 Å². The Hall–Kier alpha value is -1.22. The molecule has 3 aliphatic carbocycles. The molecule has 0 spiro atoms. The van der Waals surface area contributed by atoms with Crippen LogP contribution in [0.5, 0.6) is 11.5 Å². The smallest absolute Gasteiger partial charge is 0.160 e. The first kappa shape index (κ1) is 13.4. The summed E-state index contributed by atoms with van der Waals surface area (Å²) in [6.07, 6.45) is 5.38. The summed E-state index contributed by atoms with van der Waals surface area (Å²) in [5, 5.41) is 0. The van der Waals surface area contributed by atoms with Crippen molar-refractivity contribution in [2.45, 2.75) is 31.7 Å². The molecule has 3 nitrogen and oxygen atoms in total. The van der Waals surface area contributed by atoms with Gasteiger partial charge in [0, 0.05) is 6.04 Å². The van der Waals surface area contributed by atoms with Crippen LogP contribution >= 0.6 is 0 Å². The van der Waals surface area contributed by atoms with Gasteiger partial charge < -0.3 is 15.2 Å². The van der Waals surface area contributed by atoms with E-state index in [-0.39, 0.29) is 0 Å². The molecule has 3 fully saturated rings. The van der Waals surface area contributed by atoms with Crippen LogP contribution in [0, 0.1) is 29.6 Å². The van der Waals surface area contributed by atoms with Crippen LogP contribution in [0.4, 0.5) is 0 Å². The number of benzene rings is 1. The molecule has 114 valence electrons. The van der Waals surface area contributed by atoms with Gasteiger partial charge in [-0.15, -0.1) is 0 Å². The fourth-order valence-electron chi connectivity index (χ4n) is 5.38. The van der Waals surface area contributed by atoms with Crippen molar-refractivity contribution in [2.24, 2.45) is 35.3 Å². The van der Waals surface area contributed by atoms with Crippen molar-refractivity contribution < 1.29 is 9.47 Å². The van der Waals surface area contributed by atoms with Gasteiger partial charge in [0.1, 0.15) is 0 Å². The fraction of sp³-hybridized carbons (Fsp3) is 0.667. The van der Waals surface area contributed by atoms with Gasteiger partial charge in [-0.2, -0.15) is 0 Å². The van der Waals surface area contributed by atoms with Crippen molar-refractivity contribution in [3.05, 3.63) is 23.8 Å². The van der Waals surface area contributed by atoms with Gasteiger partial charge >= 0.3 is 0 Å². The first-order valence-corrected chi connectivity index (χ1v) is 8.19. The van der Waals surface area contributed by atoms with E-state index in [9.17, 15) is 0 Å². The van der Waals surface area contributed by atoms with Crippen LogP contribution in [0.2, 0.25) is 0 Å². The fourth-order valence-corrected chi connectivity index (χ4v) is 5.38. The molecule has 1 aromatic rings. The normalized spacial score (nSPS) is 37.2. The SMILES string of the molecule is COc1ccc(CC(N)C2C3C4CCC(C4)C23)cc1OC. The van der Waals surface area contributed by atoms with Gasteiger partial charge in [0.05, 0.1) is 14.2 Å². The molecule has 3 saturated carbocycles. The Morgan fingerprint density at radius 2 is 1.76 bits per heavy atom. The Balaban J connectivity index is 1.45. The molecule has 5 atom stereocenters. The summed E-state index contributed by atoms with van der Waals surface area (Å²) in [4.78, 5) is 0. The highest BCUT2D eigenvalue weighted by Gasteiger charge is 2.65. The van der Waals surface area contributed by atoms with Gasteiger partial charge in [0.25, 0.3) is 0 Å². The van der Waals surface area contributed by atoms with Gasteiger partial charge in [-0.25, -0.2) is 0 Å². The molecule has 0 amide bonds. The largest absolute Gasteiger partial charge is 0.493 e. The Morgan fingerprint density at radius 1 is 1.10 bits per heavy atom. The van der Waals surface area contributed by atoms with E-state index in [4.69, 9.17) is 15.2 Å². The summed E-state index contributed by atoms with van der Waals surface area (Å²) >= 11 is 0. The molecule has 0 aromatic heterocycles. The van der Waals surface area contributed by atoms with E-state index >= 15 is 0 Å². The van der Waals surface area contributed by atoms with Gasteiger partial charge in [0.15, 0.2) is 11.5 Å². The molecule has 0 heterocycles. The van der Waals surface area contributed by atoms with E-state index in [1.165, 1.54) is 24.8 Å². The van der Waals surface area contributed by atoms with Crippen LogP contribution in [0.3, 0.4) is 0 Å². The second-order valence-corrected chi connectivity index (χ2v) is 7.12. The number of rotatable bonds is 5. The quantitative estimate of drug-likeness (QED) is 0.905. The highest BCUT2D eigenvalue weighted by molar-refractivity contribution is 5.43. The minimum absolute atomic E-state index is 0.307. The van der Waals surface area contributed by atoms with Crippen LogP contribution in [0.25, 0.3) is 0 Å². The maximum Gasteiger partial charge on any atom is 0.160 e. The standard InChI is InChI=1S/C18H25NO2/c1-20-14-6-3-10(8-15(14)21-2)7-13(19)18-16-11-4-5-12(9-11)17(16)18/h3,6,8,11-13,16-18H,4-5,7,9,19H2,1-2H3. The van der Waals surface area contributed by atoms with Crippen molar-refractivity contribution in [1.82, 2.24) is 0 Å². The Labute approximate surface area is 126 Å². The van der Waals surface area contributed by atoms with Gasteiger partial charge in [-0.05, 0) is 73.0 Å². The minimum atomic E-state index is 0.307. The van der Waals surface area contributed by atoms with Crippen LogP contribution in [0.15, 0.2) is 18.2 Å². The number of methoxy groups -OCH3 is 2. The number of hydrogen-bond donors (Lipinski definition) is 1. The van der Waals surface area contributed by atoms with Crippen molar-refractivity contribution in [2.75, 3.05) is 14.2 Å². The highest BCUT2D eigenvalue weighted by atomic mass is 16.5. The van der Waals surface area contributed by atoms with Crippen molar-refractivity contribution >= 4 is 0 Å². The number of fused-ring (bicyclic) bond motifs is 5. The summed E-state index contributed by atoms with van der Waals surface area (Å²) in [7, 11) is 3.36. The maximum atomic E-state index is 6.54. The summed E-state index contributed by atoms with van der Waals surface area (Å²) < 4.78 is 10.7. The summed E-state index contributed by atoms with van der Waals surface area (Å²) in [5.41, 5.74) is 7.81. The van der Waals surface area contributed by atoms with Crippen molar-refractivity contribution in [1.29, 1.82) is 0 Å². The zero-order chi connectivity index (χ0) is 14.6. The van der Waals surface area contributed by atoms with Crippen LogP contribution < -0.4 is 15.2 Å². The topological polar surface area (TPSA) is 44.5 Å². The Kier molecular flexibility index (Phi) is 3.14. The molecule has 0 aliphatic heterocycles. The molecule has 2 N–H and O–H groups in total. The summed E-state index contributed by atoms with van der Waals surface area (Å²) in [6, 6.07) is 6.49. The average molecular weight is 287 g/mol. The first-order valence-electron chi connectivity index (χ1n) is 8.19. The lowest BCUT2D eigenvalue weighted by molar-refractivity contribution is 0.354. The lowest BCUT2D eigenvalue weighted by Gasteiger charge is -2.17. The minimum Gasteiger partial charge on any atom is -0.493 e. The molecule has 21 heavy (non-hydrogen) atoms. The Morgan fingerprint density at radius 3 is 2.38 bits per heavy atom. The summed E-state index contributed by atoms with van der Waals surface area (Å²) in [6.45, 7) is 0. The van der Waals surface area contributed by atoms with E-state index in [0.717, 1.165) is 47.5 Å². The molecule has 0 radical (unpaired) electrons. The third kappa shape index (κ3) is 2.05. The van der Waals surface area contributed by atoms with E-state index in [0.29, 0.717) is 6.04 Å². The number of hydrogen-bond acceptors (Lipinski definition) is 3.